The van der Waals surface area contributed by atoms with Crippen molar-refractivity contribution in [1.82, 2.24) is 0 Å². The van der Waals surface area contributed by atoms with E-state index in [9.17, 15) is 4.79 Å². The summed E-state index contributed by atoms with van der Waals surface area (Å²) in [5.74, 6) is -0.0793. The van der Waals surface area contributed by atoms with E-state index in [2.05, 4.69) is 6.08 Å². The minimum absolute atomic E-state index is 0.0793. The number of carbonyl (C=O) groups is 1. The van der Waals surface area contributed by atoms with Gasteiger partial charge in [-0.2, -0.15) is 0 Å². The first-order valence-corrected chi connectivity index (χ1v) is 4.17. The summed E-state index contributed by atoms with van der Waals surface area (Å²) in [6, 6.07) is 0. The Morgan fingerprint density at radius 1 is 1.42 bits per heavy atom. The van der Waals surface area contributed by atoms with Gasteiger partial charge in [-0.25, -0.2) is 0 Å². The molecule has 2 nitrogen and oxygen atoms in total. The zero-order chi connectivity index (χ0) is 8.97. The maximum atomic E-state index is 10.7. The van der Waals surface area contributed by atoms with Gasteiger partial charge < -0.3 is 4.74 Å². The number of carbonyl (C=O) groups excluding carboxylic acids is 1. The molecule has 0 radical (unpaired) electrons. The standard InChI is InChI=1S/C10H14O2/c1-8(2)3-4-9-5-6-10(11)12-7-9/h3-4H,5-7H2,1-2H3. The van der Waals surface area contributed by atoms with Crippen LogP contribution in [0.5, 0.6) is 0 Å². The van der Waals surface area contributed by atoms with Gasteiger partial charge in [0.1, 0.15) is 6.61 Å². The normalized spacial score (nSPS) is 20.5. The molecule has 0 aromatic rings. The summed E-state index contributed by atoms with van der Waals surface area (Å²) < 4.78 is 4.89. The van der Waals surface area contributed by atoms with Gasteiger partial charge in [-0.15, -0.1) is 0 Å². The van der Waals surface area contributed by atoms with E-state index in [0.29, 0.717) is 13.0 Å². The van der Waals surface area contributed by atoms with Crippen molar-refractivity contribution in [3.8, 4) is 0 Å². The maximum absolute atomic E-state index is 10.7. The van der Waals surface area contributed by atoms with Crippen LogP contribution in [0.2, 0.25) is 0 Å². The number of allylic oxidation sites excluding steroid dienone is 3. The van der Waals surface area contributed by atoms with Crippen molar-refractivity contribution >= 4 is 5.97 Å². The minimum Gasteiger partial charge on any atom is -0.461 e. The SMILES string of the molecule is CC(C)=CC=C1CCC(=O)OC1. The summed E-state index contributed by atoms with van der Waals surface area (Å²) in [4.78, 5) is 10.7. The van der Waals surface area contributed by atoms with Gasteiger partial charge in [-0.3, -0.25) is 4.79 Å². The van der Waals surface area contributed by atoms with E-state index in [-0.39, 0.29) is 5.97 Å². The topological polar surface area (TPSA) is 26.3 Å². The van der Waals surface area contributed by atoms with Crippen molar-refractivity contribution in [2.24, 2.45) is 0 Å². The average Bonchev–Trinajstić information content (AvgIpc) is 2.03. The van der Waals surface area contributed by atoms with Gasteiger partial charge in [-0.1, -0.05) is 17.7 Å². The first kappa shape index (κ1) is 9.04. The maximum Gasteiger partial charge on any atom is 0.306 e. The molecular weight excluding hydrogens is 152 g/mol. The fourth-order valence-electron chi connectivity index (χ4n) is 0.996. The third kappa shape index (κ3) is 2.91. The van der Waals surface area contributed by atoms with Gasteiger partial charge in [-0.05, 0) is 25.8 Å². The number of hydrogen-bond donors (Lipinski definition) is 0. The number of esters is 1. The number of ether oxygens (including phenoxy) is 1. The van der Waals surface area contributed by atoms with E-state index in [4.69, 9.17) is 4.74 Å². The van der Waals surface area contributed by atoms with Crippen molar-refractivity contribution in [3.63, 3.8) is 0 Å². The van der Waals surface area contributed by atoms with Crippen molar-refractivity contribution in [2.45, 2.75) is 26.7 Å². The first-order valence-electron chi connectivity index (χ1n) is 4.17. The van der Waals surface area contributed by atoms with Crippen LogP contribution in [-0.4, -0.2) is 12.6 Å². The van der Waals surface area contributed by atoms with Crippen molar-refractivity contribution in [2.75, 3.05) is 6.61 Å². The van der Waals surface area contributed by atoms with Crippen LogP contribution in [-0.2, 0) is 9.53 Å². The Morgan fingerprint density at radius 2 is 2.17 bits per heavy atom. The van der Waals surface area contributed by atoms with Crippen LogP contribution < -0.4 is 0 Å². The third-order valence-electron chi connectivity index (χ3n) is 1.72. The summed E-state index contributed by atoms with van der Waals surface area (Å²) in [6.07, 6.45) is 5.47. The Balaban J connectivity index is 2.49. The molecule has 1 saturated heterocycles. The first-order chi connectivity index (χ1) is 5.68. The second-order valence-corrected chi connectivity index (χ2v) is 3.23. The molecule has 1 aliphatic heterocycles. The molecule has 0 unspecified atom stereocenters. The summed E-state index contributed by atoms with van der Waals surface area (Å²) in [7, 11) is 0. The molecule has 12 heavy (non-hydrogen) atoms. The lowest BCUT2D eigenvalue weighted by atomic mass is 10.1. The second-order valence-electron chi connectivity index (χ2n) is 3.23. The summed E-state index contributed by atoms with van der Waals surface area (Å²) in [6.45, 7) is 4.57. The molecule has 1 rings (SSSR count). The summed E-state index contributed by atoms with van der Waals surface area (Å²) in [5, 5.41) is 0. The van der Waals surface area contributed by atoms with Gasteiger partial charge in [0.25, 0.3) is 0 Å². The van der Waals surface area contributed by atoms with Crippen LogP contribution in [0, 0.1) is 0 Å². The highest BCUT2D eigenvalue weighted by molar-refractivity contribution is 5.71. The molecule has 2 heteroatoms. The highest BCUT2D eigenvalue weighted by Crippen LogP contribution is 2.13. The van der Waals surface area contributed by atoms with Crippen LogP contribution in [0.15, 0.2) is 23.3 Å². The van der Waals surface area contributed by atoms with Crippen molar-refractivity contribution in [1.29, 1.82) is 0 Å². The Kier molecular flexibility index (Phi) is 3.09. The number of cyclic esters (lactones) is 1. The highest BCUT2D eigenvalue weighted by atomic mass is 16.5. The Morgan fingerprint density at radius 3 is 2.67 bits per heavy atom. The predicted octanol–water partition coefficient (Wildman–Crippen LogP) is 2.22. The third-order valence-corrected chi connectivity index (χ3v) is 1.72. The van der Waals surface area contributed by atoms with Crippen molar-refractivity contribution in [3.05, 3.63) is 23.3 Å². The molecule has 0 atom stereocenters. The molecule has 66 valence electrons. The van der Waals surface area contributed by atoms with E-state index in [1.807, 2.05) is 19.9 Å². The fraction of sp³-hybridized carbons (Fsp3) is 0.500. The molecule has 0 amide bonds. The smallest absolute Gasteiger partial charge is 0.306 e. The van der Waals surface area contributed by atoms with Gasteiger partial charge in [0.05, 0.1) is 0 Å². The second kappa shape index (κ2) is 4.10. The molecule has 0 bridgehead atoms. The largest absolute Gasteiger partial charge is 0.461 e. The van der Waals surface area contributed by atoms with E-state index < -0.39 is 0 Å². The Hall–Kier alpha value is -1.05. The number of rotatable bonds is 1. The van der Waals surface area contributed by atoms with Gasteiger partial charge in [0, 0.05) is 6.42 Å². The van der Waals surface area contributed by atoms with E-state index in [1.165, 1.54) is 11.1 Å². The van der Waals surface area contributed by atoms with E-state index >= 15 is 0 Å². The van der Waals surface area contributed by atoms with Crippen molar-refractivity contribution < 1.29 is 9.53 Å². The fourth-order valence-corrected chi connectivity index (χ4v) is 0.996. The molecule has 0 N–H and O–H groups in total. The minimum atomic E-state index is -0.0793. The highest BCUT2D eigenvalue weighted by Gasteiger charge is 2.12. The molecule has 1 aliphatic rings. The quantitative estimate of drug-likeness (QED) is 0.558. The molecule has 0 aliphatic carbocycles. The molecule has 0 aromatic carbocycles. The molecule has 1 heterocycles. The summed E-state index contributed by atoms with van der Waals surface area (Å²) in [5.41, 5.74) is 2.47. The summed E-state index contributed by atoms with van der Waals surface area (Å²) >= 11 is 0. The Labute approximate surface area is 72.9 Å². The zero-order valence-corrected chi connectivity index (χ0v) is 7.59. The monoisotopic (exact) mass is 166 g/mol. The lowest BCUT2D eigenvalue weighted by Gasteiger charge is -2.13. The van der Waals surface area contributed by atoms with E-state index in [1.54, 1.807) is 0 Å². The van der Waals surface area contributed by atoms with Gasteiger partial charge >= 0.3 is 5.97 Å². The zero-order valence-electron chi connectivity index (χ0n) is 7.59. The molecule has 0 aromatic heterocycles. The number of hydrogen-bond acceptors (Lipinski definition) is 2. The average molecular weight is 166 g/mol. The van der Waals surface area contributed by atoms with E-state index in [0.717, 1.165) is 6.42 Å². The van der Waals surface area contributed by atoms with Gasteiger partial charge in [0.15, 0.2) is 0 Å². The predicted molar refractivity (Wildman–Crippen MR) is 47.7 cm³/mol. The van der Waals surface area contributed by atoms with Crippen LogP contribution in [0.3, 0.4) is 0 Å². The van der Waals surface area contributed by atoms with Crippen LogP contribution in [0.1, 0.15) is 26.7 Å². The van der Waals surface area contributed by atoms with Crippen LogP contribution >= 0.6 is 0 Å². The molecule has 0 spiro atoms. The lowest BCUT2D eigenvalue weighted by Crippen LogP contribution is -2.14. The molecule has 1 fully saturated rings. The van der Waals surface area contributed by atoms with Crippen LogP contribution in [0.4, 0.5) is 0 Å². The van der Waals surface area contributed by atoms with Gasteiger partial charge in [0.2, 0.25) is 0 Å². The van der Waals surface area contributed by atoms with Crippen LogP contribution in [0.25, 0.3) is 0 Å². The molecular formula is C10H14O2. The Bertz CT molecular complexity index is 220. The lowest BCUT2D eigenvalue weighted by molar-refractivity contribution is -0.144. The molecule has 0 saturated carbocycles.